The van der Waals surface area contributed by atoms with Crippen LogP contribution in [0.2, 0.25) is 0 Å². The van der Waals surface area contributed by atoms with Crippen molar-refractivity contribution >= 4 is 17.5 Å². The summed E-state index contributed by atoms with van der Waals surface area (Å²) >= 11 is 0. The number of hydrogen-bond donors (Lipinski definition) is 1. The topological polar surface area (TPSA) is 67.2 Å². The molecule has 6 nitrogen and oxygen atoms in total. The second kappa shape index (κ2) is 5.78. The van der Waals surface area contributed by atoms with Crippen LogP contribution in [0.4, 0.5) is 5.69 Å². The lowest BCUT2D eigenvalue weighted by atomic mass is 10.0. The average molecular weight is 324 g/mol. The Kier molecular flexibility index (Phi) is 3.59. The van der Waals surface area contributed by atoms with Gasteiger partial charge in [-0.2, -0.15) is 0 Å². The first-order chi connectivity index (χ1) is 11.6. The molecule has 0 spiro atoms. The molecule has 0 aliphatic carbocycles. The van der Waals surface area contributed by atoms with E-state index >= 15 is 0 Å². The van der Waals surface area contributed by atoms with Crippen LogP contribution in [-0.4, -0.2) is 34.0 Å². The van der Waals surface area contributed by atoms with Crippen molar-refractivity contribution in [2.24, 2.45) is 0 Å². The van der Waals surface area contributed by atoms with Gasteiger partial charge in [0.05, 0.1) is 0 Å². The van der Waals surface area contributed by atoms with Crippen molar-refractivity contribution in [2.45, 2.75) is 38.8 Å². The number of rotatable bonds is 2. The van der Waals surface area contributed by atoms with Crippen LogP contribution in [0.5, 0.6) is 0 Å². The summed E-state index contributed by atoms with van der Waals surface area (Å²) in [5.41, 5.74) is 2.66. The molecule has 1 aromatic heterocycles. The molecule has 0 radical (unpaired) electrons. The van der Waals surface area contributed by atoms with Crippen molar-refractivity contribution < 1.29 is 9.59 Å². The molecular weight excluding hydrogens is 304 g/mol. The maximum atomic E-state index is 12.6. The number of aromatic nitrogens is 2. The van der Waals surface area contributed by atoms with E-state index in [0.29, 0.717) is 12.1 Å². The Bertz CT molecular complexity index is 811. The van der Waals surface area contributed by atoms with Gasteiger partial charge in [-0.15, -0.1) is 0 Å². The Balaban J connectivity index is 1.47. The number of carbonyl (C=O) groups is 2. The summed E-state index contributed by atoms with van der Waals surface area (Å²) in [4.78, 5) is 30.2. The molecule has 0 saturated heterocycles. The monoisotopic (exact) mass is 324 g/mol. The Morgan fingerprint density at radius 2 is 2.17 bits per heavy atom. The van der Waals surface area contributed by atoms with Crippen LogP contribution in [0.3, 0.4) is 0 Å². The van der Waals surface area contributed by atoms with E-state index in [-0.39, 0.29) is 17.9 Å². The number of fused-ring (bicyclic) bond motifs is 2. The van der Waals surface area contributed by atoms with Crippen LogP contribution in [0.1, 0.15) is 35.1 Å². The van der Waals surface area contributed by atoms with Crippen LogP contribution >= 0.6 is 0 Å². The van der Waals surface area contributed by atoms with E-state index in [1.165, 1.54) is 0 Å². The van der Waals surface area contributed by atoms with E-state index in [1.54, 1.807) is 24.1 Å². The van der Waals surface area contributed by atoms with Crippen molar-refractivity contribution in [3.63, 3.8) is 0 Å². The number of imidazole rings is 1. The summed E-state index contributed by atoms with van der Waals surface area (Å²) < 4.78 is 2.10. The second-order valence-electron chi connectivity index (χ2n) is 6.47. The Labute approximate surface area is 140 Å². The van der Waals surface area contributed by atoms with Crippen molar-refractivity contribution in [1.29, 1.82) is 0 Å². The lowest BCUT2D eigenvalue weighted by molar-refractivity contribution is -0.116. The van der Waals surface area contributed by atoms with Gasteiger partial charge < -0.3 is 14.8 Å². The minimum Gasteiger partial charge on any atom is -0.347 e. The van der Waals surface area contributed by atoms with Crippen LogP contribution in [0.15, 0.2) is 30.6 Å². The van der Waals surface area contributed by atoms with Gasteiger partial charge in [0.2, 0.25) is 5.91 Å². The quantitative estimate of drug-likeness (QED) is 0.911. The summed E-state index contributed by atoms with van der Waals surface area (Å²) in [7, 11) is 0. The molecule has 0 saturated carbocycles. The van der Waals surface area contributed by atoms with E-state index < -0.39 is 0 Å². The zero-order chi connectivity index (χ0) is 16.7. The number of nitrogens with zero attached hydrogens (tertiary/aromatic N) is 3. The SMILES string of the molecule is CC(=O)N1CCc2cc(C(=O)N[C@@H]3CCc4nccn4C3)ccc21. The molecule has 0 fully saturated rings. The fourth-order valence-corrected chi connectivity index (χ4v) is 3.62. The van der Waals surface area contributed by atoms with Gasteiger partial charge in [0, 0.05) is 56.1 Å². The summed E-state index contributed by atoms with van der Waals surface area (Å²) in [6.45, 7) is 3.04. The second-order valence-corrected chi connectivity index (χ2v) is 6.47. The Hall–Kier alpha value is -2.63. The smallest absolute Gasteiger partial charge is 0.251 e. The van der Waals surface area contributed by atoms with Gasteiger partial charge >= 0.3 is 0 Å². The summed E-state index contributed by atoms with van der Waals surface area (Å²) in [6.07, 6.45) is 6.36. The summed E-state index contributed by atoms with van der Waals surface area (Å²) in [5, 5.41) is 3.12. The van der Waals surface area contributed by atoms with Crippen molar-refractivity contribution in [2.75, 3.05) is 11.4 Å². The molecular formula is C18H20N4O2. The minimum absolute atomic E-state index is 0.0456. The molecule has 1 N–H and O–H groups in total. The van der Waals surface area contributed by atoms with Gasteiger partial charge in [-0.05, 0) is 36.6 Å². The molecule has 1 atom stereocenters. The standard InChI is InChI=1S/C18H20N4O2/c1-12(23)22-8-6-13-10-14(2-4-16(13)22)18(24)20-15-3-5-17-19-7-9-21(17)11-15/h2,4,7,9-10,15H,3,5-6,8,11H2,1H3,(H,20,24)/t15-/m1/s1. The van der Waals surface area contributed by atoms with E-state index in [4.69, 9.17) is 0 Å². The highest BCUT2D eigenvalue weighted by atomic mass is 16.2. The average Bonchev–Trinajstić information content (AvgIpc) is 3.20. The number of anilines is 1. The molecule has 24 heavy (non-hydrogen) atoms. The predicted octanol–water partition coefficient (Wildman–Crippen LogP) is 1.54. The van der Waals surface area contributed by atoms with Crippen LogP contribution in [-0.2, 0) is 24.2 Å². The van der Waals surface area contributed by atoms with Crippen LogP contribution in [0, 0.1) is 0 Å². The first kappa shape index (κ1) is 14.9. The van der Waals surface area contributed by atoms with Crippen molar-refractivity contribution in [3.05, 3.63) is 47.5 Å². The summed E-state index contributed by atoms with van der Waals surface area (Å²) in [6, 6.07) is 5.73. The number of carbonyl (C=O) groups excluding carboxylic acids is 2. The van der Waals surface area contributed by atoms with Gasteiger partial charge in [0.15, 0.2) is 0 Å². The van der Waals surface area contributed by atoms with Crippen LogP contribution < -0.4 is 10.2 Å². The zero-order valence-electron chi connectivity index (χ0n) is 13.7. The largest absolute Gasteiger partial charge is 0.347 e. The molecule has 2 aromatic rings. The molecule has 1 aromatic carbocycles. The van der Waals surface area contributed by atoms with Crippen molar-refractivity contribution in [3.8, 4) is 0 Å². The van der Waals surface area contributed by atoms with Gasteiger partial charge in [-0.3, -0.25) is 9.59 Å². The number of hydrogen-bond acceptors (Lipinski definition) is 3. The Morgan fingerprint density at radius 1 is 1.29 bits per heavy atom. The maximum Gasteiger partial charge on any atom is 0.251 e. The number of nitrogens with one attached hydrogen (secondary N) is 1. The van der Waals surface area contributed by atoms with E-state index in [9.17, 15) is 9.59 Å². The molecule has 2 aliphatic rings. The highest BCUT2D eigenvalue weighted by Crippen LogP contribution is 2.29. The Morgan fingerprint density at radius 3 is 3.00 bits per heavy atom. The van der Waals surface area contributed by atoms with Crippen molar-refractivity contribution in [1.82, 2.24) is 14.9 Å². The molecule has 2 amide bonds. The lowest BCUT2D eigenvalue weighted by Gasteiger charge is -2.24. The molecule has 2 aliphatic heterocycles. The molecule has 6 heteroatoms. The van der Waals surface area contributed by atoms with E-state index in [0.717, 1.165) is 42.9 Å². The lowest BCUT2D eigenvalue weighted by Crippen LogP contribution is -2.40. The fraction of sp³-hybridized carbons (Fsp3) is 0.389. The predicted molar refractivity (Wildman–Crippen MR) is 90.0 cm³/mol. The van der Waals surface area contributed by atoms with Gasteiger partial charge in [0.25, 0.3) is 5.91 Å². The highest BCUT2D eigenvalue weighted by molar-refractivity contribution is 5.98. The molecule has 0 bridgehead atoms. The number of benzene rings is 1. The third kappa shape index (κ3) is 2.58. The maximum absolute atomic E-state index is 12.6. The molecule has 124 valence electrons. The third-order valence-electron chi connectivity index (χ3n) is 4.89. The molecule has 0 unspecified atom stereocenters. The normalized spacial score (nSPS) is 18.9. The van der Waals surface area contributed by atoms with Crippen LogP contribution in [0.25, 0.3) is 0 Å². The number of amides is 2. The van der Waals surface area contributed by atoms with E-state index in [1.807, 2.05) is 18.3 Å². The third-order valence-corrected chi connectivity index (χ3v) is 4.89. The van der Waals surface area contributed by atoms with Gasteiger partial charge in [-0.1, -0.05) is 0 Å². The summed E-state index contributed by atoms with van der Waals surface area (Å²) in [5.74, 6) is 1.08. The van der Waals surface area contributed by atoms with Gasteiger partial charge in [-0.25, -0.2) is 4.98 Å². The highest BCUT2D eigenvalue weighted by Gasteiger charge is 2.24. The minimum atomic E-state index is -0.0485. The molecule has 4 rings (SSSR count). The fourth-order valence-electron chi connectivity index (χ4n) is 3.62. The number of aryl methyl sites for hydroxylation is 1. The van der Waals surface area contributed by atoms with E-state index in [2.05, 4.69) is 14.9 Å². The first-order valence-electron chi connectivity index (χ1n) is 8.34. The molecule has 3 heterocycles. The zero-order valence-corrected chi connectivity index (χ0v) is 13.7. The van der Waals surface area contributed by atoms with Gasteiger partial charge in [0.1, 0.15) is 5.82 Å². The first-order valence-corrected chi connectivity index (χ1v) is 8.34.